The van der Waals surface area contributed by atoms with Crippen LogP contribution in [0.4, 0.5) is 0 Å². The lowest BCUT2D eigenvalue weighted by Crippen LogP contribution is -2.55. The molecular formula is C32H36N2O5S. The molecule has 6 atom stereocenters. The highest BCUT2D eigenvalue weighted by Gasteiger charge is 2.78. The molecule has 3 fully saturated rings. The molecule has 3 heterocycles. The van der Waals surface area contributed by atoms with Crippen LogP contribution in [-0.4, -0.2) is 68.0 Å². The Morgan fingerprint density at radius 3 is 2.42 bits per heavy atom. The van der Waals surface area contributed by atoms with Crippen molar-refractivity contribution >= 4 is 29.5 Å². The number of rotatable bonds is 11. The van der Waals surface area contributed by atoms with Gasteiger partial charge in [-0.3, -0.25) is 14.4 Å². The van der Waals surface area contributed by atoms with Crippen molar-refractivity contribution in [2.24, 2.45) is 11.8 Å². The van der Waals surface area contributed by atoms with Gasteiger partial charge in [0.05, 0.1) is 29.2 Å². The summed E-state index contributed by atoms with van der Waals surface area (Å²) in [6, 6.07) is 17.4. The SMILES string of the molecule is C=CCOC(=O)[C@@H]1[C@H]2C(=O)N([C@H](CO)c3ccccc3)C(C(=O)N(CC=C)Cc3ccccc3)C23CC[C@@]1(C)S3. The Morgan fingerprint density at radius 2 is 1.80 bits per heavy atom. The van der Waals surface area contributed by atoms with E-state index >= 15 is 0 Å². The molecule has 0 aliphatic carbocycles. The van der Waals surface area contributed by atoms with E-state index in [0.717, 1.165) is 11.1 Å². The lowest BCUT2D eigenvalue weighted by atomic mass is 9.66. The molecule has 5 rings (SSSR count). The van der Waals surface area contributed by atoms with E-state index in [4.69, 9.17) is 4.74 Å². The van der Waals surface area contributed by atoms with Crippen LogP contribution in [0.15, 0.2) is 86.0 Å². The number of nitrogens with zero attached hydrogens (tertiary/aromatic N) is 2. The van der Waals surface area contributed by atoms with Gasteiger partial charge in [0.25, 0.3) is 0 Å². The number of fused-ring (bicyclic) bond motifs is 1. The summed E-state index contributed by atoms with van der Waals surface area (Å²) in [6.07, 6.45) is 4.50. The molecule has 2 unspecified atom stereocenters. The van der Waals surface area contributed by atoms with E-state index in [1.54, 1.807) is 27.6 Å². The van der Waals surface area contributed by atoms with Gasteiger partial charge < -0.3 is 19.6 Å². The molecule has 2 aromatic carbocycles. The number of carbonyl (C=O) groups is 3. The molecule has 3 saturated heterocycles. The van der Waals surface area contributed by atoms with Crippen LogP contribution >= 0.6 is 11.8 Å². The van der Waals surface area contributed by atoms with Crippen LogP contribution in [0.1, 0.15) is 36.9 Å². The summed E-state index contributed by atoms with van der Waals surface area (Å²) in [7, 11) is 0. The van der Waals surface area contributed by atoms with Crippen LogP contribution in [0.3, 0.4) is 0 Å². The highest BCUT2D eigenvalue weighted by molar-refractivity contribution is 8.02. The number of esters is 1. The molecule has 3 aliphatic rings. The van der Waals surface area contributed by atoms with Crippen molar-refractivity contribution in [1.82, 2.24) is 9.80 Å². The highest BCUT2D eigenvalue weighted by atomic mass is 32.2. The Balaban J connectivity index is 1.61. The molecule has 0 aromatic heterocycles. The highest BCUT2D eigenvalue weighted by Crippen LogP contribution is 2.72. The maximum atomic E-state index is 14.7. The topological polar surface area (TPSA) is 87.1 Å². The Labute approximate surface area is 239 Å². The average molecular weight is 561 g/mol. The van der Waals surface area contributed by atoms with Crippen molar-refractivity contribution in [3.8, 4) is 0 Å². The maximum absolute atomic E-state index is 14.7. The minimum atomic E-state index is -0.866. The fourth-order valence-corrected chi connectivity index (χ4v) is 9.29. The van der Waals surface area contributed by atoms with Gasteiger partial charge in [-0.1, -0.05) is 79.4 Å². The van der Waals surface area contributed by atoms with Crippen molar-refractivity contribution in [3.63, 3.8) is 0 Å². The van der Waals surface area contributed by atoms with Crippen LogP contribution in [-0.2, 0) is 25.7 Å². The van der Waals surface area contributed by atoms with Crippen molar-refractivity contribution in [2.75, 3.05) is 19.8 Å². The average Bonchev–Trinajstić information content (AvgIpc) is 3.54. The second-order valence-electron chi connectivity index (χ2n) is 11.0. The molecule has 3 aliphatic heterocycles. The third kappa shape index (κ3) is 4.57. The maximum Gasteiger partial charge on any atom is 0.311 e. The summed E-state index contributed by atoms with van der Waals surface area (Å²) >= 11 is 1.59. The molecule has 2 amide bonds. The first-order valence-electron chi connectivity index (χ1n) is 13.7. The Bertz CT molecular complexity index is 1290. The zero-order valence-electron chi connectivity index (χ0n) is 22.8. The lowest BCUT2D eigenvalue weighted by Gasteiger charge is -2.39. The molecule has 8 heteroatoms. The minimum absolute atomic E-state index is 0.0591. The molecule has 2 bridgehead atoms. The number of hydrogen-bond acceptors (Lipinski definition) is 6. The summed E-state index contributed by atoms with van der Waals surface area (Å²) in [4.78, 5) is 45.9. The third-order valence-electron chi connectivity index (χ3n) is 8.62. The second kappa shape index (κ2) is 11.3. The van der Waals surface area contributed by atoms with Crippen molar-refractivity contribution in [3.05, 3.63) is 97.1 Å². The van der Waals surface area contributed by atoms with Crippen LogP contribution in [0, 0.1) is 11.8 Å². The molecule has 1 spiro atoms. The van der Waals surface area contributed by atoms with Gasteiger partial charge in [0.2, 0.25) is 11.8 Å². The van der Waals surface area contributed by atoms with Gasteiger partial charge in [-0.2, -0.15) is 0 Å². The van der Waals surface area contributed by atoms with E-state index in [9.17, 15) is 19.5 Å². The smallest absolute Gasteiger partial charge is 0.311 e. The number of aliphatic hydroxyl groups is 1. The Hall–Kier alpha value is -3.36. The molecule has 210 valence electrons. The van der Waals surface area contributed by atoms with E-state index in [1.165, 1.54) is 6.08 Å². The predicted octanol–water partition coefficient (Wildman–Crippen LogP) is 4.15. The van der Waals surface area contributed by atoms with Crippen LogP contribution in [0.2, 0.25) is 0 Å². The summed E-state index contributed by atoms with van der Waals surface area (Å²) in [5.41, 5.74) is 1.70. The van der Waals surface area contributed by atoms with Crippen LogP contribution in [0.25, 0.3) is 0 Å². The zero-order valence-corrected chi connectivity index (χ0v) is 23.6. The van der Waals surface area contributed by atoms with Gasteiger partial charge in [-0.25, -0.2) is 0 Å². The quantitative estimate of drug-likeness (QED) is 0.328. The first kappa shape index (κ1) is 28.2. The Kier molecular flexibility index (Phi) is 7.93. The number of benzene rings is 2. The number of hydrogen-bond donors (Lipinski definition) is 1. The van der Waals surface area contributed by atoms with Crippen molar-refractivity contribution in [2.45, 2.75) is 47.9 Å². The number of amides is 2. The monoisotopic (exact) mass is 560 g/mol. The van der Waals surface area contributed by atoms with Gasteiger partial charge in [0, 0.05) is 17.8 Å². The number of ether oxygens (including phenoxy) is 1. The van der Waals surface area contributed by atoms with Crippen molar-refractivity contribution in [1.29, 1.82) is 0 Å². The number of likely N-dealkylation sites (tertiary alicyclic amines) is 1. The lowest BCUT2D eigenvalue weighted by molar-refractivity contribution is -0.155. The fraction of sp³-hybridized carbons (Fsp3) is 0.406. The molecule has 7 nitrogen and oxygen atoms in total. The zero-order chi connectivity index (χ0) is 28.5. The first-order valence-corrected chi connectivity index (χ1v) is 14.5. The molecule has 0 radical (unpaired) electrons. The molecule has 40 heavy (non-hydrogen) atoms. The predicted molar refractivity (Wildman–Crippen MR) is 155 cm³/mol. The standard InChI is InChI=1S/C32H36N2O5S/c1-4-18-33(20-22-12-8-6-9-13-22)29(37)27-32-17-16-31(3,40-32)26(30(38)39-19-5-2)25(32)28(36)34(27)24(21-35)23-14-10-7-11-15-23/h4-15,24-27,35H,1-2,16-21H2,3H3/t24-,25+,26+,27?,31-,32?/m1/s1. The summed E-state index contributed by atoms with van der Waals surface area (Å²) in [6.45, 7) is 9.90. The van der Waals surface area contributed by atoms with Crippen molar-refractivity contribution < 1.29 is 24.2 Å². The fourth-order valence-electron chi connectivity index (χ4n) is 6.96. The largest absolute Gasteiger partial charge is 0.461 e. The normalized spacial score (nSPS) is 29.1. The van der Waals surface area contributed by atoms with E-state index in [-0.39, 0.29) is 25.0 Å². The van der Waals surface area contributed by atoms with Gasteiger partial charge in [0.1, 0.15) is 12.6 Å². The van der Waals surface area contributed by atoms with E-state index < -0.39 is 39.4 Å². The number of thioether (sulfide) groups is 1. The molecule has 1 N–H and O–H groups in total. The second-order valence-corrected chi connectivity index (χ2v) is 12.9. The summed E-state index contributed by atoms with van der Waals surface area (Å²) < 4.78 is 4.16. The Morgan fingerprint density at radius 1 is 1.12 bits per heavy atom. The van der Waals surface area contributed by atoms with Gasteiger partial charge in [-0.15, -0.1) is 18.3 Å². The van der Waals surface area contributed by atoms with E-state index in [1.807, 2.05) is 67.6 Å². The van der Waals surface area contributed by atoms with Crippen LogP contribution in [0.5, 0.6) is 0 Å². The van der Waals surface area contributed by atoms with E-state index in [0.29, 0.717) is 25.9 Å². The number of aliphatic hydroxyl groups excluding tert-OH is 1. The number of carbonyl (C=O) groups excluding carboxylic acids is 3. The van der Waals surface area contributed by atoms with Gasteiger partial charge in [-0.05, 0) is 30.9 Å². The minimum Gasteiger partial charge on any atom is -0.461 e. The first-order chi connectivity index (χ1) is 19.3. The molecular weight excluding hydrogens is 524 g/mol. The third-order valence-corrected chi connectivity index (χ3v) is 10.6. The van der Waals surface area contributed by atoms with Gasteiger partial charge in [0.15, 0.2) is 0 Å². The molecule has 0 saturated carbocycles. The summed E-state index contributed by atoms with van der Waals surface area (Å²) in [5.74, 6) is -2.35. The van der Waals surface area contributed by atoms with Crippen LogP contribution < -0.4 is 0 Å². The van der Waals surface area contributed by atoms with E-state index in [2.05, 4.69) is 13.2 Å². The summed E-state index contributed by atoms with van der Waals surface area (Å²) in [5, 5.41) is 10.7. The van der Waals surface area contributed by atoms with Gasteiger partial charge >= 0.3 is 5.97 Å². The molecule has 2 aromatic rings.